The van der Waals surface area contributed by atoms with Crippen LogP contribution in [0, 0.1) is 0 Å². The van der Waals surface area contributed by atoms with Crippen LogP contribution in [-0.4, -0.2) is 22.1 Å². The Morgan fingerprint density at radius 1 is 1.43 bits per heavy atom. The monoisotopic (exact) mass is 193 g/mol. The van der Waals surface area contributed by atoms with Gasteiger partial charge in [0.15, 0.2) is 0 Å². The van der Waals surface area contributed by atoms with Gasteiger partial charge in [-0.3, -0.25) is 4.79 Å². The Morgan fingerprint density at radius 2 is 2.14 bits per heavy atom. The predicted molar refractivity (Wildman–Crippen MR) is 47.4 cm³/mol. The van der Waals surface area contributed by atoms with E-state index in [2.05, 4.69) is 5.32 Å². The van der Waals surface area contributed by atoms with Gasteiger partial charge in [-0.05, 0) is 12.1 Å². The second-order valence-corrected chi connectivity index (χ2v) is 3.02. The first-order chi connectivity index (χ1) is 6.59. The van der Waals surface area contributed by atoms with Crippen molar-refractivity contribution in [1.29, 1.82) is 0 Å². The summed E-state index contributed by atoms with van der Waals surface area (Å²) < 4.78 is 0. The lowest BCUT2D eigenvalue weighted by Gasteiger charge is -2.03. The first-order valence-corrected chi connectivity index (χ1v) is 3.97. The van der Waals surface area contributed by atoms with Crippen molar-refractivity contribution >= 4 is 17.6 Å². The van der Waals surface area contributed by atoms with Gasteiger partial charge < -0.3 is 15.5 Å². The quantitative estimate of drug-likeness (QED) is 0.609. The van der Waals surface area contributed by atoms with Crippen LogP contribution in [0.3, 0.4) is 0 Å². The van der Waals surface area contributed by atoms with Crippen molar-refractivity contribution in [3.8, 4) is 5.75 Å². The van der Waals surface area contributed by atoms with E-state index in [1.807, 2.05) is 0 Å². The van der Waals surface area contributed by atoms with Crippen LogP contribution < -0.4 is 5.32 Å². The number of carboxylic acid groups (broad SMARTS) is 1. The summed E-state index contributed by atoms with van der Waals surface area (Å²) in [5, 5.41) is 20.7. The number of aromatic hydroxyl groups is 1. The highest BCUT2D eigenvalue weighted by atomic mass is 16.4. The number of fused-ring (bicyclic) bond motifs is 1. The van der Waals surface area contributed by atoms with Crippen LogP contribution in [0.15, 0.2) is 12.1 Å². The minimum absolute atomic E-state index is 0.0300. The molecule has 0 saturated heterocycles. The molecule has 3 N–H and O–H groups in total. The largest absolute Gasteiger partial charge is 0.507 e. The number of carboxylic acids is 1. The average molecular weight is 193 g/mol. The van der Waals surface area contributed by atoms with Crippen molar-refractivity contribution in [3.05, 3.63) is 23.3 Å². The number of aromatic carboxylic acids is 1. The molecule has 1 aromatic rings. The molecule has 5 nitrogen and oxygen atoms in total. The number of anilines is 1. The van der Waals surface area contributed by atoms with Gasteiger partial charge >= 0.3 is 5.97 Å². The lowest BCUT2D eigenvalue weighted by atomic mass is 10.1. The second kappa shape index (κ2) is 2.73. The van der Waals surface area contributed by atoms with Crippen molar-refractivity contribution < 1.29 is 19.8 Å². The van der Waals surface area contributed by atoms with Gasteiger partial charge in [0.1, 0.15) is 11.3 Å². The zero-order chi connectivity index (χ0) is 10.3. The second-order valence-electron chi connectivity index (χ2n) is 3.02. The van der Waals surface area contributed by atoms with E-state index < -0.39 is 5.97 Å². The lowest BCUT2D eigenvalue weighted by molar-refractivity contribution is -0.115. The molecule has 0 radical (unpaired) electrons. The molecule has 0 atom stereocenters. The number of carbonyl (C=O) groups excluding carboxylic acids is 1. The highest BCUT2D eigenvalue weighted by molar-refractivity contribution is 6.02. The molecule has 1 aromatic carbocycles. The number of rotatable bonds is 1. The molecule has 0 fully saturated rings. The maximum absolute atomic E-state index is 11.0. The van der Waals surface area contributed by atoms with Crippen LogP contribution >= 0.6 is 0 Å². The number of hydrogen-bond donors (Lipinski definition) is 3. The minimum Gasteiger partial charge on any atom is -0.507 e. The van der Waals surface area contributed by atoms with Crippen LogP contribution in [-0.2, 0) is 11.2 Å². The van der Waals surface area contributed by atoms with Crippen LogP contribution in [0.4, 0.5) is 5.69 Å². The smallest absolute Gasteiger partial charge is 0.339 e. The fourth-order valence-corrected chi connectivity index (χ4v) is 1.46. The van der Waals surface area contributed by atoms with E-state index in [9.17, 15) is 14.7 Å². The first kappa shape index (κ1) is 8.55. The third-order valence-corrected chi connectivity index (χ3v) is 2.12. The van der Waals surface area contributed by atoms with Crippen LogP contribution in [0.5, 0.6) is 5.75 Å². The Kier molecular flexibility index (Phi) is 1.67. The van der Waals surface area contributed by atoms with Gasteiger partial charge in [-0.1, -0.05) is 0 Å². The summed E-state index contributed by atoms with van der Waals surface area (Å²) >= 11 is 0. The average Bonchev–Trinajstić information content (AvgIpc) is 2.46. The number of nitrogens with one attached hydrogen (secondary N) is 1. The molecule has 1 aliphatic rings. The number of carbonyl (C=O) groups is 2. The molecule has 0 aliphatic carbocycles. The van der Waals surface area contributed by atoms with Crippen molar-refractivity contribution in [1.82, 2.24) is 0 Å². The molecule has 5 heteroatoms. The highest BCUT2D eigenvalue weighted by Crippen LogP contribution is 2.33. The predicted octanol–water partition coefficient (Wildman–Crippen LogP) is 0.585. The van der Waals surface area contributed by atoms with Gasteiger partial charge in [0.25, 0.3) is 0 Å². The number of amides is 1. The zero-order valence-corrected chi connectivity index (χ0v) is 7.07. The summed E-state index contributed by atoms with van der Waals surface area (Å²) in [5.41, 5.74) is 0.660. The fraction of sp³-hybridized carbons (Fsp3) is 0.111. The van der Waals surface area contributed by atoms with Gasteiger partial charge in [-0.25, -0.2) is 4.79 Å². The zero-order valence-electron chi connectivity index (χ0n) is 7.07. The van der Waals surface area contributed by atoms with Gasteiger partial charge in [0.2, 0.25) is 5.91 Å². The van der Waals surface area contributed by atoms with Crippen LogP contribution in [0.1, 0.15) is 15.9 Å². The third kappa shape index (κ3) is 1.10. The molecule has 0 aromatic heterocycles. The van der Waals surface area contributed by atoms with E-state index in [1.54, 1.807) is 0 Å². The minimum atomic E-state index is -1.20. The third-order valence-electron chi connectivity index (χ3n) is 2.12. The summed E-state index contributed by atoms with van der Waals surface area (Å²) in [4.78, 5) is 21.6. The molecule has 0 spiro atoms. The molecular weight excluding hydrogens is 186 g/mol. The lowest BCUT2D eigenvalue weighted by Crippen LogP contribution is -2.03. The Labute approximate surface area is 79.0 Å². The highest BCUT2D eigenvalue weighted by Gasteiger charge is 2.24. The Bertz CT molecular complexity index is 439. The molecule has 0 unspecified atom stereocenters. The SMILES string of the molecule is O=C1Cc2c(ccc(C(=O)O)c2O)N1. The number of benzene rings is 1. The van der Waals surface area contributed by atoms with Gasteiger partial charge in [-0.15, -0.1) is 0 Å². The van der Waals surface area contributed by atoms with E-state index in [0.717, 1.165) is 0 Å². The molecule has 0 saturated carbocycles. The van der Waals surface area contributed by atoms with E-state index in [-0.39, 0.29) is 23.6 Å². The normalized spacial score (nSPS) is 13.6. The Morgan fingerprint density at radius 3 is 2.79 bits per heavy atom. The molecule has 1 heterocycles. The van der Waals surface area contributed by atoms with Crippen LogP contribution in [0.2, 0.25) is 0 Å². The number of hydrogen-bond acceptors (Lipinski definition) is 3. The van der Waals surface area contributed by atoms with E-state index >= 15 is 0 Å². The van der Waals surface area contributed by atoms with E-state index in [1.165, 1.54) is 12.1 Å². The standard InChI is InChI=1S/C9H7NO4/c11-7-3-5-6(10-7)2-1-4(8(5)12)9(13)14/h1-2,12H,3H2,(H,10,11)(H,13,14). The summed E-state index contributed by atoms with van der Waals surface area (Å²) in [7, 11) is 0. The maximum Gasteiger partial charge on any atom is 0.339 e. The maximum atomic E-state index is 11.0. The number of phenols is 1. The molecule has 2 rings (SSSR count). The summed E-state index contributed by atoms with van der Waals surface area (Å²) in [6.45, 7) is 0. The topological polar surface area (TPSA) is 86.6 Å². The van der Waals surface area contributed by atoms with Crippen molar-refractivity contribution in [2.75, 3.05) is 5.32 Å². The summed E-state index contributed by atoms with van der Waals surface area (Å²) in [5.74, 6) is -1.77. The molecule has 1 amide bonds. The van der Waals surface area contributed by atoms with E-state index in [4.69, 9.17) is 5.11 Å². The molecule has 14 heavy (non-hydrogen) atoms. The van der Waals surface area contributed by atoms with Crippen molar-refractivity contribution in [3.63, 3.8) is 0 Å². The van der Waals surface area contributed by atoms with Gasteiger partial charge in [0, 0.05) is 11.3 Å². The van der Waals surface area contributed by atoms with Crippen molar-refractivity contribution in [2.45, 2.75) is 6.42 Å². The first-order valence-electron chi connectivity index (χ1n) is 3.97. The Balaban J connectivity index is 2.59. The summed E-state index contributed by atoms with van der Waals surface area (Å²) in [6, 6.07) is 2.74. The molecule has 72 valence electrons. The van der Waals surface area contributed by atoms with E-state index in [0.29, 0.717) is 11.3 Å². The molecule has 0 bridgehead atoms. The molecule has 1 aliphatic heterocycles. The Hall–Kier alpha value is -2.04. The van der Waals surface area contributed by atoms with Crippen LogP contribution in [0.25, 0.3) is 0 Å². The van der Waals surface area contributed by atoms with Gasteiger partial charge in [-0.2, -0.15) is 0 Å². The molecular formula is C9H7NO4. The fourth-order valence-electron chi connectivity index (χ4n) is 1.46. The van der Waals surface area contributed by atoms with Crippen molar-refractivity contribution in [2.24, 2.45) is 0 Å². The van der Waals surface area contributed by atoms with Gasteiger partial charge in [0.05, 0.1) is 6.42 Å². The summed E-state index contributed by atoms with van der Waals surface area (Å²) in [6.07, 6.45) is 0.0300.